The van der Waals surface area contributed by atoms with Gasteiger partial charge in [-0.3, -0.25) is 14.4 Å². The summed E-state index contributed by atoms with van der Waals surface area (Å²) < 4.78 is 73.4. The Morgan fingerprint density at radius 3 is 1.88 bits per heavy atom. The third-order valence-corrected chi connectivity index (χ3v) is 5.03. The summed E-state index contributed by atoms with van der Waals surface area (Å²) in [6, 6.07) is 8.91. The van der Waals surface area contributed by atoms with Gasteiger partial charge in [0.15, 0.2) is 41.2 Å². The number of nitrogens with zero attached hydrogens (tertiary/aromatic N) is 1. The second kappa shape index (κ2) is 16.5. The minimum Gasteiger partial charge on any atom is -0.411 e. The molecular formula is C24H17Cl3F6N4O6. The van der Waals surface area contributed by atoms with E-state index >= 15 is 0 Å². The summed E-state index contributed by atoms with van der Waals surface area (Å²) in [5.41, 5.74) is 4.05. The third kappa shape index (κ3) is 11.3. The molecule has 0 unspecified atom stereocenters. The average molecular weight is 678 g/mol. The van der Waals surface area contributed by atoms with Crippen LogP contribution in [0, 0.1) is 34.9 Å². The van der Waals surface area contributed by atoms with Gasteiger partial charge in [0.2, 0.25) is 3.79 Å². The number of nitrogens with two attached hydrogens (primary N) is 1. The van der Waals surface area contributed by atoms with Crippen LogP contribution in [-0.2, 0) is 9.59 Å². The van der Waals surface area contributed by atoms with Crippen molar-refractivity contribution in [1.29, 1.82) is 0 Å². The minimum atomic E-state index is -1.97. The van der Waals surface area contributed by atoms with E-state index in [9.17, 15) is 40.7 Å². The van der Waals surface area contributed by atoms with Gasteiger partial charge in [0.25, 0.3) is 17.6 Å². The number of Topliss-reactive ketones (excluding diaryl/α,β-unsaturated/α-hetero) is 1. The fourth-order valence-electron chi connectivity index (χ4n) is 2.49. The first-order valence-electron chi connectivity index (χ1n) is 10.8. The van der Waals surface area contributed by atoms with Crippen molar-refractivity contribution in [2.24, 2.45) is 5.16 Å². The van der Waals surface area contributed by atoms with E-state index < -0.39 is 62.6 Å². The Hall–Kier alpha value is -4.09. The van der Waals surface area contributed by atoms with Gasteiger partial charge >= 0.3 is 0 Å². The first-order chi connectivity index (χ1) is 19.9. The third-order valence-electron chi connectivity index (χ3n) is 4.44. The number of rotatable bonds is 2. The fraction of sp³-hybridized carbons (Fsp3) is 0.0833. The normalized spacial score (nSPS) is 11.8. The largest absolute Gasteiger partial charge is 0.411 e. The molecule has 0 aromatic heterocycles. The molecule has 0 radical (unpaired) electrons. The Morgan fingerprint density at radius 2 is 1.40 bits per heavy atom. The number of alkyl halides is 3. The number of anilines is 3. The van der Waals surface area contributed by atoms with Crippen molar-refractivity contribution in [2.75, 3.05) is 16.4 Å². The Morgan fingerprint density at radius 1 is 0.884 bits per heavy atom. The van der Waals surface area contributed by atoms with Crippen LogP contribution in [0.4, 0.5) is 43.4 Å². The number of oxime groups is 1. The molecule has 232 valence electrons. The van der Waals surface area contributed by atoms with Crippen molar-refractivity contribution in [3.05, 3.63) is 89.0 Å². The highest BCUT2D eigenvalue weighted by Gasteiger charge is 2.31. The quantitative estimate of drug-likeness (QED) is 0.0334. The summed E-state index contributed by atoms with van der Waals surface area (Å²) in [4.78, 5) is 32.5. The molecule has 0 saturated carbocycles. The second-order valence-corrected chi connectivity index (χ2v) is 9.83. The topological polar surface area (TPSA) is 174 Å². The minimum absolute atomic E-state index is 0.121. The zero-order valence-corrected chi connectivity index (χ0v) is 23.0. The van der Waals surface area contributed by atoms with Crippen molar-refractivity contribution in [3.63, 3.8) is 0 Å². The number of fused-ring (bicyclic) bond motifs is 1. The number of halogens is 9. The van der Waals surface area contributed by atoms with Crippen LogP contribution in [0.25, 0.3) is 0 Å². The van der Waals surface area contributed by atoms with Crippen LogP contribution in [0.2, 0.25) is 0 Å². The molecule has 10 nitrogen and oxygen atoms in total. The van der Waals surface area contributed by atoms with E-state index in [1.807, 2.05) is 10.6 Å². The highest BCUT2D eigenvalue weighted by Crippen LogP contribution is 2.28. The van der Waals surface area contributed by atoms with E-state index in [-0.39, 0.29) is 22.6 Å². The van der Waals surface area contributed by atoms with Crippen molar-refractivity contribution in [1.82, 2.24) is 0 Å². The maximum Gasteiger partial charge on any atom is 0.296 e. The number of hydrogen-bond acceptors (Lipinski definition) is 8. The van der Waals surface area contributed by atoms with E-state index in [0.29, 0.717) is 6.21 Å². The fourth-order valence-corrected chi connectivity index (χ4v) is 2.49. The molecule has 0 bridgehead atoms. The van der Waals surface area contributed by atoms with E-state index in [2.05, 4.69) is 5.16 Å². The standard InChI is InChI=1S/C8H6F2N2O2.C8H3F2NO2.C6H5F2N.C2H3Cl3O2/c9-5-2-1-3-6(8(5)10)12-7(13)4-11-14;9-4-2-1-3-6(5(4)10)11-8(13)7(3)12;7-4-2-1-3-5(9)6(4)8;3-2(4,5)1(6)7/h1-4,14H,(H,12,13);1-2H,(H,11,12,13);1-3H,9H2;1,6-7H/b11-4+;;;. The highest BCUT2D eigenvalue weighted by molar-refractivity contribution is 6.67. The van der Waals surface area contributed by atoms with Gasteiger partial charge in [-0.2, -0.15) is 0 Å². The Labute approximate surface area is 252 Å². The van der Waals surface area contributed by atoms with Crippen molar-refractivity contribution in [3.8, 4) is 0 Å². The molecule has 4 rings (SSSR count). The molecule has 1 aliphatic rings. The van der Waals surface area contributed by atoms with Crippen LogP contribution in [0.15, 0.2) is 53.7 Å². The Bertz CT molecular complexity index is 1490. The van der Waals surface area contributed by atoms with Crippen LogP contribution < -0.4 is 16.4 Å². The van der Waals surface area contributed by atoms with Crippen LogP contribution in [0.3, 0.4) is 0 Å². The predicted octanol–water partition coefficient (Wildman–Crippen LogP) is 4.68. The van der Waals surface area contributed by atoms with Gasteiger partial charge < -0.3 is 31.8 Å². The van der Waals surface area contributed by atoms with Gasteiger partial charge in [0.1, 0.15) is 6.21 Å². The number of carbonyl (C=O) groups is 3. The molecule has 7 N–H and O–H groups in total. The Kier molecular flexibility index (Phi) is 14.2. The molecule has 0 saturated heterocycles. The molecule has 0 atom stereocenters. The molecule has 43 heavy (non-hydrogen) atoms. The zero-order valence-electron chi connectivity index (χ0n) is 20.8. The van der Waals surface area contributed by atoms with E-state index in [4.69, 9.17) is 56.0 Å². The maximum atomic E-state index is 12.9. The van der Waals surface area contributed by atoms with Crippen LogP contribution >= 0.6 is 34.8 Å². The molecule has 2 amide bonds. The number of aliphatic hydroxyl groups excluding tert-OH is 1. The van der Waals surface area contributed by atoms with Gasteiger partial charge in [-0.05, 0) is 36.4 Å². The number of aliphatic hydroxyl groups is 2. The lowest BCUT2D eigenvalue weighted by atomic mass is 10.1. The van der Waals surface area contributed by atoms with Gasteiger partial charge in [-0.15, -0.1) is 0 Å². The van der Waals surface area contributed by atoms with Gasteiger partial charge in [0, 0.05) is 0 Å². The van der Waals surface area contributed by atoms with Gasteiger partial charge in [-0.25, -0.2) is 26.3 Å². The predicted molar refractivity (Wildman–Crippen MR) is 144 cm³/mol. The molecule has 0 spiro atoms. The summed E-state index contributed by atoms with van der Waals surface area (Å²) in [6.07, 6.45) is -1.37. The van der Waals surface area contributed by atoms with Crippen molar-refractivity contribution in [2.45, 2.75) is 10.1 Å². The maximum absolute atomic E-state index is 12.9. The number of ketones is 1. The lowest BCUT2D eigenvalue weighted by molar-refractivity contribution is -0.112. The second-order valence-electron chi connectivity index (χ2n) is 7.46. The molecule has 19 heteroatoms. The molecular weight excluding hydrogens is 661 g/mol. The van der Waals surface area contributed by atoms with Gasteiger partial charge in [0.05, 0.1) is 22.6 Å². The summed E-state index contributed by atoms with van der Waals surface area (Å²) in [7, 11) is 0. The lowest BCUT2D eigenvalue weighted by Gasteiger charge is -2.10. The molecule has 3 aromatic rings. The molecule has 3 aromatic carbocycles. The SMILES string of the molecule is Nc1cccc(F)c1F.O=C(/C=N/O)Nc1cccc(F)c1F.O=C1Nc2c(ccc(F)c2F)C1=O.OC(O)C(Cl)(Cl)Cl. The number of carbonyl (C=O) groups excluding carboxylic acids is 3. The van der Waals surface area contributed by atoms with Crippen LogP contribution in [-0.4, -0.2) is 49.3 Å². The smallest absolute Gasteiger partial charge is 0.296 e. The number of amides is 2. The Balaban J connectivity index is 0.000000297. The van der Waals surface area contributed by atoms with E-state index in [1.165, 1.54) is 24.3 Å². The van der Waals surface area contributed by atoms with E-state index in [1.54, 1.807) is 0 Å². The number of hydrogen-bond donors (Lipinski definition) is 6. The molecule has 1 heterocycles. The summed E-state index contributed by atoms with van der Waals surface area (Å²) in [5.74, 6) is -9.01. The lowest BCUT2D eigenvalue weighted by Crippen LogP contribution is -2.23. The monoisotopic (exact) mass is 676 g/mol. The molecule has 0 fully saturated rings. The van der Waals surface area contributed by atoms with Gasteiger partial charge in [-0.1, -0.05) is 52.1 Å². The van der Waals surface area contributed by atoms with Crippen LogP contribution in [0.5, 0.6) is 0 Å². The van der Waals surface area contributed by atoms with Crippen molar-refractivity contribution < 1.29 is 56.1 Å². The van der Waals surface area contributed by atoms with E-state index in [0.717, 1.165) is 24.3 Å². The number of nitrogen functional groups attached to an aromatic ring is 1. The number of benzene rings is 3. The molecule has 0 aliphatic carbocycles. The highest BCUT2D eigenvalue weighted by atomic mass is 35.6. The van der Waals surface area contributed by atoms with Crippen LogP contribution in [0.1, 0.15) is 10.4 Å². The summed E-state index contributed by atoms with van der Waals surface area (Å²) in [5, 5.41) is 30.4. The zero-order chi connectivity index (χ0) is 33.1. The first-order valence-corrected chi connectivity index (χ1v) is 11.9. The molecule has 1 aliphatic heterocycles. The number of nitrogens with one attached hydrogen (secondary N) is 2. The summed E-state index contributed by atoms with van der Waals surface area (Å²) >= 11 is 14.7. The van der Waals surface area contributed by atoms with Crippen molar-refractivity contribution >= 4 is 75.7 Å². The average Bonchev–Trinajstić information content (AvgIpc) is 3.22. The summed E-state index contributed by atoms with van der Waals surface area (Å²) in [6.45, 7) is 0. The first kappa shape index (κ1) is 36.9.